The fraction of sp³-hybridized carbons (Fsp3) is 0.708. The summed E-state index contributed by atoms with van der Waals surface area (Å²) in [6.45, 7) is 6.48. The topological polar surface area (TPSA) is 50.8 Å². The number of carbonyl (C=O) groups excluding carboxylic acids is 1. The highest BCUT2D eigenvalue weighted by molar-refractivity contribution is 5.85. The monoisotopic (exact) mass is 434 g/mol. The zero-order valence-corrected chi connectivity index (χ0v) is 18.9. The van der Waals surface area contributed by atoms with Crippen LogP contribution in [0.15, 0.2) is 12.1 Å². The molecule has 1 amide bonds. The number of ether oxygens (including phenoxy) is 2. The molecule has 3 heterocycles. The van der Waals surface area contributed by atoms with Gasteiger partial charge in [0.05, 0.1) is 6.04 Å². The summed E-state index contributed by atoms with van der Waals surface area (Å²) < 4.78 is 11.8. The lowest BCUT2D eigenvalue weighted by atomic mass is 9.71. The van der Waals surface area contributed by atoms with E-state index in [1.54, 1.807) is 0 Å². The van der Waals surface area contributed by atoms with Crippen molar-refractivity contribution in [2.45, 2.75) is 69.7 Å². The van der Waals surface area contributed by atoms with E-state index < -0.39 is 0 Å². The highest BCUT2D eigenvalue weighted by atomic mass is 35.5. The first-order valence-electron chi connectivity index (χ1n) is 11.6. The van der Waals surface area contributed by atoms with Crippen LogP contribution >= 0.6 is 12.4 Å². The van der Waals surface area contributed by atoms with Crippen molar-refractivity contribution < 1.29 is 14.3 Å². The Morgan fingerprint density at radius 1 is 1.13 bits per heavy atom. The lowest BCUT2D eigenvalue weighted by molar-refractivity contribution is -0.135. The Labute approximate surface area is 186 Å². The molecule has 0 radical (unpaired) electrons. The minimum atomic E-state index is 0. The van der Waals surface area contributed by atoms with E-state index in [0.717, 1.165) is 37.6 Å². The van der Waals surface area contributed by atoms with Crippen LogP contribution in [0.25, 0.3) is 0 Å². The molecule has 30 heavy (non-hydrogen) atoms. The maximum absolute atomic E-state index is 13.3. The smallest absolute Gasteiger partial charge is 0.223 e. The molecule has 1 atom stereocenters. The second-order valence-electron chi connectivity index (χ2n) is 9.50. The van der Waals surface area contributed by atoms with Crippen LogP contribution in [-0.2, 0) is 10.2 Å². The molecule has 4 aliphatic rings. The van der Waals surface area contributed by atoms with E-state index in [2.05, 4.69) is 29.3 Å². The first kappa shape index (κ1) is 21.8. The van der Waals surface area contributed by atoms with Crippen molar-refractivity contribution >= 4 is 18.3 Å². The van der Waals surface area contributed by atoms with Crippen molar-refractivity contribution in [2.75, 3.05) is 32.8 Å². The van der Waals surface area contributed by atoms with Gasteiger partial charge in [0, 0.05) is 18.4 Å². The van der Waals surface area contributed by atoms with Crippen LogP contribution in [-0.4, -0.2) is 43.7 Å². The highest BCUT2D eigenvalue weighted by Gasteiger charge is 2.46. The number of nitrogens with zero attached hydrogens (tertiary/aromatic N) is 1. The average Bonchev–Trinajstić information content (AvgIpc) is 3.24. The minimum absolute atomic E-state index is 0. The van der Waals surface area contributed by atoms with Gasteiger partial charge in [-0.2, -0.15) is 0 Å². The Hall–Kier alpha value is -1.46. The van der Waals surface area contributed by atoms with E-state index in [1.165, 1.54) is 49.7 Å². The van der Waals surface area contributed by atoms with E-state index in [-0.39, 0.29) is 23.9 Å². The van der Waals surface area contributed by atoms with E-state index in [1.807, 2.05) is 0 Å². The van der Waals surface area contributed by atoms with Gasteiger partial charge in [-0.1, -0.05) is 12.8 Å². The van der Waals surface area contributed by atoms with Gasteiger partial charge in [0.15, 0.2) is 11.5 Å². The number of carbonyl (C=O) groups is 1. The lowest BCUT2D eigenvalue weighted by Crippen LogP contribution is -2.48. The molecule has 3 aliphatic heterocycles. The number of benzene rings is 1. The third kappa shape index (κ3) is 3.91. The van der Waals surface area contributed by atoms with Gasteiger partial charge in [-0.15, -0.1) is 12.4 Å². The highest BCUT2D eigenvalue weighted by Crippen LogP contribution is 2.52. The number of amides is 1. The number of piperidine rings is 1. The van der Waals surface area contributed by atoms with Gasteiger partial charge in [0.25, 0.3) is 0 Å². The summed E-state index contributed by atoms with van der Waals surface area (Å²) >= 11 is 0. The third-order valence-electron chi connectivity index (χ3n) is 7.78. The van der Waals surface area contributed by atoms with E-state index in [9.17, 15) is 4.79 Å². The largest absolute Gasteiger partial charge is 0.486 e. The van der Waals surface area contributed by atoms with Crippen LogP contribution in [0.2, 0.25) is 0 Å². The summed E-state index contributed by atoms with van der Waals surface area (Å²) in [7, 11) is 0. The molecule has 1 aliphatic carbocycles. The molecule has 1 saturated carbocycles. The molecule has 1 aromatic rings. The van der Waals surface area contributed by atoms with Crippen LogP contribution in [0.1, 0.15) is 75.5 Å². The Balaban J connectivity index is 0.00000218. The summed E-state index contributed by atoms with van der Waals surface area (Å²) in [5.41, 5.74) is 2.79. The summed E-state index contributed by atoms with van der Waals surface area (Å²) in [5.74, 6) is 2.77. The van der Waals surface area contributed by atoms with Gasteiger partial charge in [-0.25, -0.2) is 0 Å². The molecule has 1 unspecified atom stereocenters. The SMILES string of the molecule is CC1c2cc3c(cc2C2(CCCC2)CN1C(=O)CCC1CCNCC1)OCCO3.Cl. The molecule has 1 N–H and O–H groups in total. The molecule has 5 nitrogen and oxygen atoms in total. The van der Waals surface area contributed by atoms with Gasteiger partial charge in [-0.3, -0.25) is 4.79 Å². The fourth-order valence-electron chi connectivity index (χ4n) is 6.05. The predicted octanol–water partition coefficient (Wildman–Crippen LogP) is 4.37. The van der Waals surface area contributed by atoms with E-state index in [0.29, 0.717) is 31.5 Å². The van der Waals surface area contributed by atoms with Gasteiger partial charge in [0.1, 0.15) is 13.2 Å². The Kier molecular flexibility index (Phi) is 6.50. The number of nitrogens with one attached hydrogen (secondary N) is 1. The van der Waals surface area contributed by atoms with Gasteiger partial charge in [-0.05, 0) is 81.3 Å². The standard InChI is InChI=1S/C24H34N2O3.ClH/c1-17-19-14-21-22(29-13-12-28-21)15-20(19)24(8-2-3-9-24)16-26(17)23(27)5-4-18-6-10-25-11-7-18;/h14-15,17-18,25H,2-13,16H2,1H3;1H. The number of rotatable bonds is 3. The zero-order chi connectivity index (χ0) is 19.8. The minimum Gasteiger partial charge on any atom is -0.486 e. The molecule has 166 valence electrons. The van der Waals surface area contributed by atoms with E-state index in [4.69, 9.17) is 9.47 Å². The Morgan fingerprint density at radius 2 is 1.80 bits per heavy atom. The third-order valence-corrected chi connectivity index (χ3v) is 7.78. The van der Waals surface area contributed by atoms with Crippen molar-refractivity contribution in [3.8, 4) is 11.5 Å². The van der Waals surface area contributed by atoms with Crippen molar-refractivity contribution in [1.29, 1.82) is 0 Å². The first-order chi connectivity index (χ1) is 14.2. The van der Waals surface area contributed by atoms with Crippen LogP contribution in [0, 0.1) is 5.92 Å². The van der Waals surface area contributed by atoms with Crippen molar-refractivity contribution in [3.05, 3.63) is 23.3 Å². The summed E-state index contributed by atoms with van der Waals surface area (Å²) in [4.78, 5) is 15.5. The summed E-state index contributed by atoms with van der Waals surface area (Å²) in [6, 6.07) is 4.51. The number of halogens is 1. The van der Waals surface area contributed by atoms with Crippen molar-refractivity contribution in [2.24, 2.45) is 5.92 Å². The molecule has 0 bridgehead atoms. The molecular formula is C24H35ClN2O3. The lowest BCUT2D eigenvalue weighted by Gasteiger charge is -2.46. The van der Waals surface area contributed by atoms with Gasteiger partial charge >= 0.3 is 0 Å². The van der Waals surface area contributed by atoms with Gasteiger partial charge < -0.3 is 19.7 Å². The molecule has 5 rings (SSSR count). The second-order valence-corrected chi connectivity index (χ2v) is 9.50. The molecule has 1 saturated heterocycles. The molecular weight excluding hydrogens is 400 g/mol. The number of fused-ring (bicyclic) bond motifs is 3. The Morgan fingerprint density at radius 3 is 2.50 bits per heavy atom. The van der Waals surface area contributed by atoms with E-state index >= 15 is 0 Å². The fourth-order valence-corrected chi connectivity index (χ4v) is 6.05. The van der Waals surface area contributed by atoms with Crippen LogP contribution in [0.5, 0.6) is 11.5 Å². The first-order valence-corrected chi connectivity index (χ1v) is 11.6. The second kappa shape index (κ2) is 8.96. The molecule has 0 aromatic heterocycles. The summed E-state index contributed by atoms with van der Waals surface area (Å²) in [6.07, 6.45) is 8.97. The van der Waals surface area contributed by atoms with Crippen LogP contribution in [0.3, 0.4) is 0 Å². The normalized spacial score (nSPS) is 25.0. The number of hydrogen-bond acceptors (Lipinski definition) is 4. The predicted molar refractivity (Wildman–Crippen MR) is 120 cm³/mol. The van der Waals surface area contributed by atoms with Crippen molar-refractivity contribution in [1.82, 2.24) is 10.2 Å². The molecule has 1 aromatic carbocycles. The molecule has 6 heteroatoms. The maximum atomic E-state index is 13.3. The molecule has 1 spiro atoms. The van der Waals surface area contributed by atoms with Crippen LogP contribution in [0.4, 0.5) is 0 Å². The quantitative estimate of drug-likeness (QED) is 0.767. The van der Waals surface area contributed by atoms with Crippen LogP contribution < -0.4 is 14.8 Å². The number of hydrogen-bond donors (Lipinski definition) is 1. The van der Waals surface area contributed by atoms with Gasteiger partial charge in [0.2, 0.25) is 5.91 Å². The Bertz CT molecular complexity index is 772. The van der Waals surface area contributed by atoms with Crippen molar-refractivity contribution in [3.63, 3.8) is 0 Å². The maximum Gasteiger partial charge on any atom is 0.223 e. The average molecular weight is 435 g/mol. The molecule has 2 fully saturated rings. The summed E-state index contributed by atoms with van der Waals surface area (Å²) in [5, 5.41) is 3.42. The zero-order valence-electron chi connectivity index (χ0n) is 18.1.